The lowest BCUT2D eigenvalue weighted by molar-refractivity contribution is -0.140. The zero-order valence-corrected chi connectivity index (χ0v) is 13.8. The molecule has 8 nitrogen and oxygen atoms in total. The molecule has 0 bridgehead atoms. The standard InChI is InChI=1S/C16H12F3N5O3/c1-7-15(11-5-12(24-23-11)22-13(25)6-14(26)27)21-10-4-8(16(17,18)19)2-3-9(10)20-7/h2-5H,6H2,1H3,(H,26,27)(H2,22,23,24,25). The Morgan fingerprint density at radius 3 is 2.59 bits per heavy atom. The van der Waals surface area contributed by atoms with Crippen LogP contribution < -0.4 is 5.32 Å². The number of H-pyrrole nitrogens is 1. The number of aryl methyl sites for hydroxylation is 1. The number of carboxylic acid groups (broad SMARTS) is 1. The number of carbonyl (C=O) groups excluding carboxylic acids is 1. The fourth-order valence-corrected chi connectivity index (χ4v) is 2.40. The Labute approximate surface area is 149 Å². The smallest absolute Gasteiger partial charge is 0.416 e. The van der Waals surface area contributed by atoms with E-state index in [1.54, 1.807) is 6.92 Å². The third-order valence-corrected chi connectivity index (χ3v) is 3.57. The van der Waals surface area contributed by atoms with Crippen LogP contribution in [0.3, 0.4) is 0 Å². The minimum atomic E-state index is -4.51. The van der Waals surface area contributed by atoms with Gasteiger partial charge in [-0.3, -0.25) is 14.7 Å². The number of halogens is 3. The van der Waals surface area contributed by atoms with E-state index in [0.717, 1.165) is 12.1 Å². The Balaban J connectivity index is 1.95. The van der Waals surface area contributed by atoms with Gasteiger partial charge in [-0.25, -0.2) is 9.97 Å². The molecule has 0 aliphatic rings. The topological polar surface area (TPSA) is 121 Å². The van der Waals surface area contributed by atoms with Gasteiger partial charge in [-0.1, -0.05) is 0 Å². The van der Waals surface area contributed by atoms with E-state index in [1.807, 2.05) is 0 Å². The van der Waals surface area contributed by atoms with E-state index in [1.165, 1.54) is 12.1 Å². The average Bonchev–Trinajstić information content (AvgIpc) is 3.00. The number of hydrogen-bond donors (Lipinski definition) is 3. The first-order chi connectivity index (χ1) is 12.6. The number of nitrogens with one attached hydrogen (secondary N) is 2. The number of alkyl halides is 3. The molecule has 0 saturated carbocycles. The summed E-state index contributed by atoms with van der Waals surface area (Å²) in [6, 6.07) is 4.45. The zero-order valence-electron chi connectivity index (χ0n) is 13.8. The van der Waals surface area contributed by atoms with Crippen LogP contribution in [0, 0.1) is 6.92 Å². The average molecular weight is 379 g/mol. The van der Waals surface area contributed by atoms with Crippen LogP contribution in [0.25, 0.3) is 22.4 Å². The summed E-state index contributed by atoms with van der Waals surface area (Å²) in [7, 11) is 0. The first-order valence-electron chi connectivity index (χ1n) is 7.56. The second kappa shape index (κ2) is 6.67. The highest BCUT2D eigenvalue weighted by Gasteiger charge is 2.30. The first-order valence-corrected chi connectivity index (χ1v) is 7.56. The van der Waals surface area contributed by atoms with E-state index in [9.17, 15) is 22.8 Å². The van der Waals surface area contributed by atoms with Crippen molar-refractivity contribution in [1.82, 2.24) is 20.2 Å². The number of anilines is 1. The van der Waals surface area contributed by atoms with Crippen molar-refractivity contribution in [3.63, 3.8) is 0 Å². The van der Waals surface area contributed by atoms with Crippen LogP contribution in [0.1, 0.15) is 17.7 Å². The van der Waals surface area contributed by atoms with Crippen molar-refractivity contribution in [3.8, 4) is 11.4 Å². The highest BCUT2D eigenvalue weighted by Crippen LogP contribution is 2.31. The van der Waals surface area contributed by atoms with E-state index in [-0.39, 0.29) is 22.7 Å². The van der Waals surface area contributed by atoms with Crippen LogP contribution in [-0.2, 0) is 15.8 Å². The van der Waals surface area contributed by atoms with Gasteiger partial charge in [0, 0.05) is 6.07 Å². The Morgan fingerprint density at radius 1 is 1.19 bits per heavy atom. The maximum Gasteiger partial charge on any atom is 0.416 e. The quantitative estimate of drug-likeness (QED) is 0.600. The van der Waals surface area contributed by atoms with Crippen LogP contribution >= 0.6 is 0 Å². The molecule has 0 atom stereocenters. The first kappa shape index (κ1) is 18.3. The van der Waals surface area contributed by atoms with Crippen LogP contribution in [0.5, 0.6) is 0 Å². The number of fused-ring (bicyclic) bond motifs is 1. The second-order valence-corrected chi connectivity index (χ2v) is 5.64. The van der Waals surface area contributed by atoms with Gasteiger partial charge in [0.2, 0.25) is 5.91 Å². The summed E-state index contributed by atoms with van der Waals surface area (Å²) in [5.41, 5.74) is 0.404. The molecular weight excluding hydrogens is 367 g/mol. The number of aliphatic carboxylic acids is 1. The maximum absolute atomic E-state index is 12.9. The third kappa shape index (κ3) is 4.02. The summed E-state index contributed by atoms with van der Waals surface area (Å²) < 4.78 is 38.7. The van der Waals surface area contributed by atoms with Gasteiger partial charge in [0.15, 0.2) is 0 Å². The number of carboxylic acids is 1. The van der Waals surface area contributed by atoms with Gasteiger partial charge in [-0.2, -0.15) is 18.3 Å². The molecule has 0 unspecified atom stereocenters. The number of rotatable bonds is 4. The van der Waals surface area contributed by atoms with E-state index >= 15 is 0 Å². The van der Waals surface area contributed by atoms with Gasteiger partial charge in [0.25, 0.3) is 0 Å². The van der Waals surface area contributed by atoms with Crippen molar-refractivity contribution >= 4 is 28.7 Å². The number of aromatic amines is 1. The molecule has 3 aromatic rings. The largest absolute Gasteiger partial charge is 0.481 e. The van der Waals surface area contributed by atoms with Crippen molar-refractivity contribution < 1.29 is 27.9 Å². The van der Waals surface area contributed by atoms with Gasteiger partial charge in [-0.05, 0) is 25.1 Å². The van der Waals surface area contributed by atoms with Gasteiger partial charge in [0.1, 0.15) is 23.6 Å². The van der Waals surface area contributed by atoms with Crippen molar-refractivity contribution in [2.24, 2.45) is 0 Å². The number of amides is 1. The summed E-state index contributed by atoms with van der Waals surface area (Å²) >= 11 is 0. The number of aromatic nitrogens is 4. The van der Waals surface area contributed by atoms with Gasteiger partial charge >= 0.3 is 12.1 Å². The highest BCUT2D eigenvalue weighted by atomic mass is 19.4. The van der Waals surface area contributed by atoms with Gasteiger partial charge < -0.3 is 10.4 Å². The fourth-order valence-electron chi connectivity index (χ4n) is 2.40. The molecule has 0 spiro atoms. The minimum absolute atomic E-state index is 0.0462. The summed E-state index contributed by atoms with van der Waals surface area (Å²) in [4.78, 5) is 30.4. The molecule has 11 heteroatoms. The van der Waals surface area contributed by atoms with Crippen LogP contribution in [0.4, 0.5) is 19.0 Å². The second-order valence-electron chi connectivity index (χ2n) is 5.64. The Morgan fingerprint density at radius 2 is 1.93 bits per heavy atom. The van der Waals surface area contributed by atoms with Crippen LogP contribution in [-0.4, -0.2) is 37.1 Å². The Bertz CT molecular complexity index is 1050. The molecule has 3 N–H and O–H groups in total. The number of nitrogens with zero attached hydrogens (tertiary/aromatic N) is 3. The lowest BCUT2D eigenvalue weighted by Gasteiger charge is -2.08. The van der Waals surface area contributed by atoms with Gasteiger partial charge in [0.05, 0.1) is 22.3 Å². The van der Waals surface area contributed by atoms with Gasteiger partial charge in [-0.15, -0.1) is 0 Å². The molecule has 3 rings (SSSR count). The highest BCUT2D eigenvalue weighted by molar-refractivity contribution is 6.01. The molecule has 1 amide bonds. The number of carbonyl (C=O) groups is 2. The fraction of sp³-hybridized carbons (Fsp3) is 0.188. The van der Waals surface area contributed by atoms with E-state index < -0.39 is 30.0 Å². The Hall–Kier alpha value is -3.50. The predicted octanol–water partition coefficient (Wildman–Crippen LogP) is 2.76. The lowest BCUT2D eigenvalue weighted by Crippen LogP contribution is -2.16. The molecular formula is C16H12F3N5O3. The zero-order chi connectivity index (χ0) is 19.8. The van der Waals surface area contributed by atoms with Crippen LogP contribution in [0.2, 0.25) is 0 Å². The van der Waals surface area contributed by atoms with Crippen molar-refractivity contribution in [2.75, 3.05) is 5.32 Å². The van der Waals surface area contributed by atoms with Crippen LogP contribution in [0.15, 0.2) is 24.3 Å². The SMILES string of the molecule is Cc1nc2ccc(C(F)(F)F)cc2nc1-c1cc(NC(=O)CC(=O)O)[nH]n1. The molecule has 140 valence electrons. The number of benzene rings is 1. The third-order valence-electron chi connectivity index (χ3n) is 3.57. The molecule has 0 radical (unpaired) electrons. The molecule has 0 aliphatic carbocycles. The van der Waals surface area contributed by atoms with E-state index in [0.29, 0.717) is 11.2 Å². The molecule has 0 aliphatic heterocycles. The molecule has 2 heterocycles. The Kier molecular flexibility index (Phi) is 4.52. The maximum atomic E-state index is 12.9. The van der Waals surface area contributed by atoms with E-state index in [2.05, 4.69) is 25.5 Å². The normalized spacial score (nSPS) is 11.6. The van der Waals surface area contributed by atoms with Crippen molar-refractivity contribution in [1.29, 1.82) is 0 Å². The summed E-state index contributed by atoms with van der Waals surface area (Å²) in [6.45, 7) is 1.62. The van der Waals surface area contributed by atoms with Crippen molar-refractivity contribution in [2.45, 2.75) is 19.5 Å². The van der Waals surface area contributed by atoms with E-state index in [4.69, 9.17) is 5.11 Å². The predicted molar refractivity (Wildman–Crippen MR) is 87.7 cm³/mol. The molecule has 1 aromatic carbocycles. The molecule has 27 heavy (non-hydrogen) atoms. The molecule has 2 aromatic heterocycles. The molecule has 0 saturated heterocycles. The van der Waals surface area contributed by atoms with Crippen molar-refractivity contribution in [3.05, 3.63) is 35.5 Å². The summed E-state index contributed by atoms with van der Waals surface area (Å²) in [5, 5.41) is 17.3. The summed E-state index contributed by atoms with van der Waals surface area (Å²) in [5.74, 6) is -1.92. The molecule has 0 fully saturated rings. The number of hydrogen-bond acceptors (Lipinski definition) is 5. The minimum Gasteiger partial charge on any atom is -0.481 e. The monoisotopic (exact) mass is 379 g/mol. The lowest BCUT2D eigenvalue weighted by atomic mass is 10.1. The summed E-state index contributed by atoms with van der Waals surface area (Å²) in [6.07, 6.45) is -5.22.